The van der Waals surface area contributed by atoms with E-state index in [0.29, 0.717) is 21.9 Å². The zero-order valence-corrected chi connectivity index (χ0v) is 16.1. The lowest BCUT2D eigenvalue weighted by molar-refractivity contribution is -0.118. The van der Waals surface area contributed by atoms with Crippen LogP contribution in [0.4, 0.5) is 5.13 Å². The van der Waals surface area contributed by atoms with Gasteiger partial charge in [-0.25, -0.2) is 9.78 Å². The van der Waals surface area contributed by atoms with E-state index in [1.165, 1.54) is 11.3 Å². The van der Waals surface area contributed by atoms with E-state index in [-0.39, 0.29) is 12.5 Å². The van der Waals surface area contributed by atoms with E-state index >= 15 is 0 Å². The molecule has 0 atom stereocenters. The summed E-state index contributed by atoms with van der Waals surface area (Å²) >= 11 is 1.32. The summed E-state index contributed by atoms with van der Waals surface area (Å²) in [5.41, 5.74) is 4.56. The predicted molar refractivity (Wildman–Crippen MR) is 108 cm³/mol. The zero-order chi connectivity index (χ0) is 19.7. The lowest BCUT2D eigenvalue weighted by atomic mass is 10.1. The van der Waals surface area contributed by atoms with Gasteiger partial charge in [-0.3, -0.25) is 15.1 Å². The molecule has 142 valence electrons. The van der Waals surface area contributed by atoms with E-state index in [9.17, 15) is 9.59 Å². The van der Waals surface area contributed by atoms with E-state index < -0.39 is 5.76 Å². The largest absolute Gasteiger partial charge is 0.483 e. The Labute approximate surface area is 164 Å². The molecule has 0 aliphatic heterocycles. The van der Waals surface area contributed by atoms with Crippen LogP contribution in [0.25, 0.3) is 22.4 Å². The summed E-state index contributed by atoms with van der Waals surface area (Å²) in [6.07, 6.45) is 0. The minimum absolute atomic E-state index is 0.0944. The first kappa shape index (κ1) is 18.0. The standard InChI is InChI=1S/C20H17N3O4S/c1-11-4-3-5-12(2)18(11)26-9-17(24)23-19-21-15(10-28-19)13-6-7-16-14(8-13)22-20(25)27-16/h3-8,10H,9H2,1-2H3,(H,22,25)(H,21,23,24). The van der Waals surface area contributed by atoms with Gasteiger partial charge in [-0.15, -0.1) is 11.3 Å². The third-order valence-corrected chi connectivity index (χ3v) is 4.98. The van der Waals surface area contributed by atoms with Crippen molar-refractivity contribution in [3.05, 3.63) is 63.5 Å². The van der Waals surface area contributed by atoms with Crippen molar-refractivity contribution in [2.24, 2.45) is 0 Å². The Morgan fingerprint density at radius 2 is 2.04 bits per heavy atom. The number of aryl methyl sites for hydroxylation is 2. The fraction of sp³-hybridized carbons (Fsp3) is 0.150. The molecular weight excluding hydrogens is 378 g/mol. The summed E-state index contributed by atoms with van der Waals surface area (Å²) in [4.78, 5) is 30.5. The third-order valence-electron chi connectivity index (χ3n) is 4.22. The highest BCUT2D eigenvalue weighted by atomic mass is 32.1. The quantitative estimate of drug-likeness (QED) is 0.534. The van der Waals surface area contributed by atoms with Crippen molar-refractivity contribution in [1.82, 2.24) is 9.97 Å². The van der Waals surface area contributed by atoms with E-state index in [1.54, 1.807) is 12.1 Å². The minimum Gasteiger partial charge on any atom is -0.483 e. The molecule has 7 nitrogen and oxygen atoms in total. The van der Waals surface area contributed by atoms with Crippen molar-refractivity contribution in [2.45, 2.75) is 13.8 Å². The molecule has 2 aromatic carbocycles. The molecule has 28 heavy (non-hydrogen) atoms. The maximum atomic E-state index is 12.2. The van der Waals surface area contributed by atoms with Gasteiger partial charge in [-0.1, -0.05) is 18.2 Å². The van der Waals surface area contributed by atoms with Crippen molar-refractivity contribution < 1.29 is 13.9 Å². The number of aromatic amines is 1. The molecule has 1 amide bonds. The summed E-state index contributed by atoms with van der Waals surface area (Å²) in [5.74, 6) is -0.0553. The van der Waals surface area contributed by atoms with E-state index in [0.717, 1.165) is 22.4 Å². The molecular formula is C20H17N3O4S. The van der Waals surface area contributed by atoms with Crippen LogP contribution in [0.5, 0.6) is 5.75 Å². The van der Waals surface area contributed by atoms with Gasteiger partial charge in [0.1, 0.15) is 5.75 Å². The number of oxazole rings is 1. The van der Waals surface area contributed by atoms with Gasteiger partial charge < -0.3 is 9.15 Å². The maximum Gasteiger partial charge on any atom is 0.417 e. The van der Waals surface area contributed by atoms with Crippen LogP contribution in [0.3, 0.4) is 0 Å². The summed E-state index contributed by atoms with van der Waals surface area (Å²) in [6, 6.07) is 11.1. The topological polar surface area (TPSA) is 97.2 Å². The molecule has 8 heteroatoms. The summed E-state index contributed by atoms with van der Waals surface area (Å²) in [5, 5.41) is 5.06. The van der Waals surface area contributed by atoms with Gasteiger partial charge in [0.2, 0.25) is 0 Å². The number of aromatic nitrogens is 2. The number of hydrogen-bond acceptors (Lipinski definition) is 6. The average molecular weight is 395 g/mol. The van der Waals surface area contributed by atoms with Gasteiger partial charge in [0.05, 0.1) is 11.2 Å². The van der Waals surface area contributed by atoms with Crippen LogP contribution < -0.4 is 15.8 Å². The number of carbonyl (C=O) groups is 1. The van der Waals surface area contributed by atoms with Gasteiger partial charge >= 0.3 is 5.76 Å². The van der Waals surface area contributed by atoms with Gasteiger partial charge in [-0.05, 0) is 43.2 Å². The lowest BCUT2D eigenvalue weighted by Gasteiger charge is -2.11. The average Bonchev–Trinajstić information content (AvgIpc) is 3.26. The molecule has 0 saturated heterocycles. The number of ether oxygens (including phenoxy) is 1. The SMILES string of the molecule is Cc1cccc(C)c1OCC(=O)Nc1nc(-c2ccc3oc(=O)[nH]c3c2)cs1. The molecule has 4 rings (SSSR count). The summed E-state index contributed by atoms with van der Waals surface area (Å²) < 4.78 is 10.7. The number of anilines is 1. The Morgan fingerprint density at radius 1 is 1.25 bits per heavy atom. The molecule has 0 spiro atoms. The minimum atomic E-state index is -0.498. The van der Waals surface area contributed by atoms with Gasteiger partial charge in [0.25, 0.3) is 5.91 Å². The van der Waals surface area contributed by atoms with Gasteiger partial charge in [-0.2, -0.15) is 0 Å². The predicted octanol–water partition coefficient (Wildman–Crippen LogP) is 3.88. The molecule has 0 unspecified atom stereocenters. The van der Waals surface area contributed by atoms with E-state index in [1.807, 2.05) is 43.5 Å². The summed E-state index contributed by atoms with van der Waals surface area (Å²) in [7, 11) is 0. The van der Waals surface area contributed by atoms with Crippen LogP contribution in [0.2, 0.25) is 0 Å². The van der Waals surface area contributed by atoms with Crippen LogP contribution in [0, 0.1) is 13.8 Å². The van der Waals surface area contributed by atoms with Crippen molar-refractivity contribution in [3.63, 3.8) is 0 Å². The molecule has 0 saturated carbocycles. The number of benzene rings is 2. The molecule has 2 heterocycles. The molecule has 0 radical (unpaired) electrons. The van der Waals surface area contributed by atoms with Crippen molar-refractivity contribution in [3.8, 4) is 17.0 Å². The molecule has 4 aromatic rings. The number of hydrogen-bond donors (Lipinski definition) is 2. The van der Waals surface area contributed by atoms with Crippen LogP contribution in [0.15, 0.2) is 51.0 Å². The highest BCUT2D eigenvalue weighted by molar-refractivity contribution is 7.14. The molecule has 2 aromatic heterocycles. The molecule has 2 N–H and O–H groups in total. The van der Waals surface area contributed by atoms with Crippen molar-refractivity contribution in [1.29, 1.82) is 0 Å². The van der Waals surface area contributed by atoms with Crippen molar-refractivity contribution >= 4 is 33.5 Å². The summed E-state index contributed by atoms with van der Waals surface area (Å²) in [6.45, 7) is 3.79. The molecule has 0 aliphatic carbocycles. The Hall–Kier alpha value is -3.39. The monoisotopic (exact) mass is 395 g/mol. The molecule has 0 fully saturated rings. The maximum absolute atomic E-state index is 12.2. The Kier molecular flexibility index (Phi) is 4.70. The number of H-pyrrole nitrogens is 1. The first-order valence-corrected chi connectivity index (χ1v) is 9.45. The molecule has 0 aliphatic rings. The second kappa shape index (κ2) is 7.32. The fourth-order valence-electron chi connectivity index (χ4n) is 2.89. The first-order valence-electron chi connectivity index (χ1n) is 8.57. The van der Waals surface area contributed by atoms with Crippen LogP contribution >= 0.6 is 11.3 Å². The number of para-hydroxylation sites is 1. The van der Waals surface area contributed by atoms with Gasteiger partial charge in [0, 0.05) is 10.9 Å². The molecule has 0 bridgehead atoms. The number of thiazole rings is 1. The highest BCUT2D eigenvalue weighted by Gasteiger charge is 2.11. The number of fused-ring (bicyclic) bond motifs is 1. The fourth-order valence-corrected chi connectivity index (χ4v) is 3.63. The van der Waals surface area contributed by atoms with Crippen molar-refractivity contribution in [2.75, 3.05) is 11.9 Å². The van der Waals surface area contributed by atoms with Gasteiger partial charge in [0.15, 0.2) is 17.3 Å². The number of carbonyl (C=O) groups excluding carboxylic acids is 1. The Bertz CT molecular complexity index is 1200. The second-order valence-corrected chi connectivity index (χ2v) is 7.18. The van der Waals surface area contributed by atoms with Crippen LogP contribution in [0.1, 0.15) is 11.1 Å². The number of nitrogens with zero attached hydrogens (tertiary/aromatic N) is 1. The normalized spacial score (nSPS) is 10.9. The van der Waals surface area contributed by atoms with Crippen LogP contribution in [-0.4, -0.2) is 22.5 Å². The Morgan fingerprint density at radius 3 is 2.82 bits per heavy atom. The highest BCUT2D eigenvalue weighted by Crippen LogP contribution is 2.27. The number of nitrogens with one attached hydrogen (secondary N) is 2. The first-order chi connectivity index (χ1) is 13.5. The lowest BCUT2D eigenvalue weighted by Crippen LogP contribution is -2.20. The number of rotatable bonds is 5. The van der Waals surface area contributed by atoms with E-state index in [4.69, 9.17) is 9.15 Å². The number of amides is 1. The smallest absolute Gasteiger partial charge is 0.417 e. The second-order valence-electron chi connectivity index (χ2n) is 6.32. The van der Waals surface area contributed by atoms with Crippen LogP contribution in [-0.2, 0) is 4.79 Å². The van der Waals surface area contributed by atoms with E-state index in [2.05, 4.69) is 15.3 Å². The Balaban J connectivity index is 1.43. The third kappa shape index (κ3) is 3.67. The zero-order valence-electron chi connectivity index (χ0n) is 15.2.